The Bertz CT molecular complexity index is 411. The van der Waals surface area contributed by atoms with Crippen molar-refractivity contribution in [2.75, 3.05) is 14.2 Å². The molecule has 0 spiro atoms. The molecule has 0 saturated heterocycles. The monoisotopic (exact) mass is 289 g/mol. The van der Waals surface area contributed by atoms with Crippen molar-refractivity contribution in [3.8, 4) is 0 Å². The first kappa shape index (κ1) is 13.1. The molecule has 0 aromatic heterocycles. The zero-order valence-corrected chi connectivity index (χ0v) is 10.9. The van der Waals surface area contributed by atoms with Gasteiger partial charge in [-0.2, -0.15) is 0 Å². The lowest BCUT2D eigenvalue weighted by molar-refractivity contribution is -0.148. The zero-order valence-electron chi connectivity index (χ0n) is 9.30. The average Bonchev–Trinajstić information content (AvgIpc) is 2.30. The molecule has 0 aliphatic rings. The predicted octanol–water partition coefficient (Wildman–Crippen LogP) is 2.20. The van der Waals surface area contributed by atoms with Crippen LogP contribution in [-0.4, -0.2) is 20.1 Å². The Balaban J connectivity index is 3.32. The van der Waals surface area contributed by atoms with Gasteiger partial charge < -0.3 is 10.1 Å². The van der Waals surface area contributed by atoms with E-state index in [1.807, 2.05) is 0 Å². The SMILES string of the molecule is CNC(C)(C(=O)OC)c1cc(Br)ccc1F. The minimum Gasteiger partial charge on any atom is -0.467 e. The molecule has 1 N–H and O–H groups in total. The maximum absolute atomic E-state index is 13.7. The van der Waals surface area contributed by atoms with Crippen molar-refractivity contribution in [1.82, 2.24) is 5.32 Å². The highest BCUT2D eigenvalue weighted by molar-refractivity contribution is 9.10. The molecule has 1 atom stereocenters. The number of halogens is 2. The summed E-state index contributed by atoms with van der Waals surface area (Å²) >= 11 is 3.24. The minimum absolute atomic E-state index is 0.247. The van der Waals surface area contributed by atoms with Crippen LogP contribution in [0.5, 0.6) is 0 Å². The summed E-state index contributed by atoms with van der Waals surface area (Å²) in [5.41, 5.74) is -0.945. The molecule has 0 bridgehead atoms. The smallest absolute Gasteiger partial charge is 0.330 e. The van der Waals surface area contributed by atoms with Crippen LogP contribution in [0.25, 0.3) is 0 Å². The first-order chi connectivity index (χ1) is 7.45. The Morgan fingerprint density at radius 1 is 1.56 bits per heavy atom. The molecule has 0 heterocycles. The fraction of sp³-hybridized carbons (Fsp3) is 0.364. The van der Waals surface area contributed by atoms with E-state index in [2.05, 4.69) is 26.0 Å². The predicted molar refractivity (Wildman–Crippen MR) is 62.5 cm³/mol. The second-order valence-corrected chi connectivity index (χ2v) is 4.41. The van der Waals surface area contributed by atoms with Gasteiger partial charge in [0.05, 0.1) is 7.11 Å². The molecule has 5 heteroatoms. The number of carbonyl (C=O) groups excluding carboxylic acids is 1. The van der Waals surface area contributed by atoms with Crippen molar-refractivity contribution >= 4 is 21.9 Å². The van der Waals surface area contributed by atoms with Gasteiger partial charge in [-0.25, -0.2) is 9.18 Å². The van der Waals surface area contributed by atoms with E-state index in [-0.39, 0.29) is 5.56 Å². The molecule has 0 fully saturated rings. The summed E-state index contributed by atoms with van der Waals surface area (Å²) in [6.07, 6.45) is 0. The third kappa shape index (κ3) is 2.25. The van der Waals surface area contributed by atoms with Gasteiger partial charge in [-0.1, -0.05) is 15.9 Å². The molecule has 1 aromatic rings. The number of rotatable bonds is 3. The lowest BCUT2D eigenvalue weighted by Gasteiger charge is -2.27. The van der Waals surface area contributed by atoms with E-state index in [4.69, 9.17) is 0 Å². The molecular formula is C11H13BrFNO2. The number of methoxy groups -OCH3 is 1. The van der Waals surface area contributed by atoms with Crippen molar-refractivity contribution in [1.29, 1.82) is 0 Å². The molecular weight excluding hydrogens is 277 g/mol. The van der Waals surface area contributed by atoms with E-state index in [1.165, 1.54) is 13.2 Å². The number of carbonyl (C=O) groups is 1. The number of hydrogen-bond acceptors (Lipinski definition) is 3. The second kappa shape index (κ2) is 4.93. The number of benzene rings is 1. The van der Waals surface area contributed by atoms with Crippen LogP contribution in [0, 0.1) is 5.82 Å². The van der Waals surface area contributed by atoms with Gasteiger partial charge in [0.2, 0.25) is 0 Å². The lowest BCUT2D eigenvalue weighted by Crippen LogP contribution is -2.46. The van der Waals surface area contributed by atoms with Crippen LogP contribution in [0.2, 0.25) is 0 Å². The van der Waals surface area contributed by atoms with Crippen molar-refractivity contribution in [2.24, 2.45) is 0 Å². The first-order valence-corrected chi connectivity index (χ1v) is 5.48. The Morgan fingerprint density at radius 3 is 2.69 bits per heavy atom. The maximum atomic E-state index is 13.7. The summed E-state index contributed by atoms with van der Waals surface area (Å²) in [6, 6.07) is 4.44. The van der Waals surface area contributed by atoms with Gasteiger partial charge in [-0.05, 0) is 32.2 Å². The topological polar surface area (TPSA) is 38.3 Å². The van der Waals surface area contributed by atoms with Crippen molar-refractivity contribution in [3.63, 3.8) is 0 Å². The zero-order chi connectivity index (χ0) is 12.3. The summed E-state index contributed by atoms with van der Waals surface area (Å²) in [5, 5.41) is 2.78. The fourth-order valence-corrected chi connectivity index (χ4v) is 1.79. The van der Waals surface area contributed by atoms with Crippen LogP contribution in [0.1, 0.15) is 12.5 Å². The number of esters is 1. The standard InChI is InChI=1S/C11H13BrFNO2/c1-11(14-2,10(15)16-3)8-6-7(12)4-5-9(8)13/h4-6,14H,1-3H3. The highest BCUT2D eigenvalue weighted by atomic mass is 79.9. The molecule has 0 aliphatic carbocycles. The van der Waals surface area contributed by atoms with Crippen molar-refractivity contribution < 1.29 is 13.9 Å². The Morgan fingerprint density at radius 2 is 2.19 bits per heavy atom. The number of ether oxygens (including phenoxy) is 1. The highest BCUT2D eigenvalue weighted by Crippen LogP contribution is 2.27. The fourth-order valence-electron chi connectivity index (χ4n) is 1.43. The molecule has 0 aliphatic heterocycles. The van der Waals surface area contributed by atoms with E-state index in [1.54, 1.807) is 26.1 Å². The third-order valence-corrected chi connectivity index (χ3v) is 3.05. The van der Waals surface area contributed by atoms with Crippen LogP contribution in [0.3, 0.4) is 0 Å². The summed E-state index contributed by atoms with van der Waals surface area (Å²) in [4.78, 5) is 11.7. The van der Waals surface area contributed by atoms with Crippen molar-refractivity contribution in [2.45, 2.75) is 12.5 Å². The van der Waals surface area contributed by atoms with E-state index >= 15 is 0 Å². The van der Waals surface area contributed by atoms with Gasteiger partial charge in [-0.3, -0.25) is 0 Å². The summed E-state index contributed by atoms with van der Waals surface area (Å²) in [6.45, 7) is 1.57. The van der Waals surface area contributed by atoms with Crippen LogP contribution < -0.4 is 5.32 Å². The molecule has 1 aromatic carbocycles. The molecule has 3 nitrogen and oxygen atoms in total. The molecule has 0 saturated carbocycles. The van der Waals surface area contributed by atoms with Crippen LogP contribution >= 0.6 is 15.9 Å². The second-order valence-electron chi connectivity index (χ2n) is 3.49. The quantitative estimate of drug-likeness (QED) is 0.867. The van der Waals surface area contributed by atoms with Gasteiger partial charge >= 0.3 is 5.97 Å². The number of nitrogens with one attached hydrogen (secondary N) is 1. The number of hydrogen-bond donors (Lipinski definition) is 1. The molecule has 88 valence electrons. The third-order valence-electron chi connectivity index (χ3n) is 2.56. The largest absolute Gasteiger partial charge is 0.467 e. The Hall–Kier alpha value is -0.940. The van der Waals surface area contributed by atoms with Gasteiger partial charge in [0.15, 0.2) is 0 Å². The van der Waals surface area contributed by atoms with Crippen LogP contribution in [0.4, 0.5) is 4.39 Å². The Kier molecular flexibility index (Phi) is 4.04. The first-order valence-electron chi connectivity index (χ1n) is 4.68. The van der Waals surface area contributed by atoms with Gasteiger partial charge in [0, 0.05) is 10.0 Å². The summed E-state index contributed by atoms with van der Waals surface area (Å²) < 4.78 is 19.1. The molecule has 16 heavy (non-hydrogen) atoms. The van der Waals surface area contributed by atoms with Gasteiger partial charge in [0.25, 0.3) is 0 Å². The maximum Gasteiger partial charge on any atom is 0.330 e. The van der Waals surface area contributed by atoms with Crippen LogP contribution in [-0.2, 0) is 15.1 Å². The van der Waals surface area contributed by atoms with Gasteiger partial charge in [0.1, 0.15) is 11.4 Å². The molecule has 1 rings (SSSR count). The summed E-state index contributed by atoms with van der Waals surface area (Å²) in [5.74, 6) is -0.988. The van der Waals surface area contributed by atoms with Crippen molar-refractivity contribution in [3.05, 3.63) is 34.1 Å². The van der Waals surface area contributed by atoms with E-state index < -0.39 is 17.3 Å². The van der Waals surface area contributed by atoms with Crippen LogP contribution in [0.15, 0.2) is 22.7 Å². The highest BCUT2D eigenvalue weighted by Gasteiger charge is 2.37. The molecule has 1 unspecified atom stereocenters. The molecule has 0 radical (unpaired) electrons. The number of likely N-dealkylation sites (N-methyl/N-ethyl adjacent to an activating group) is 1. The molecule has 0 amide bonds. The van der Waals surface area contributed by atoms with E-state index in [9.17, 15) is 9.18 Å². The van der Waals surface area contributed by atoms with E-state index in [0.29, 0.717) is 4.47 Å². The average molecular weight is 290 g/mol. The normalized spacial score (nSPS) is 14.3. The van der Waals surface area contributed by atoms with E-state index in [0.717, 1.165) is 0 Å². The lowest BCUT2D eigenvalue weighted by atomic mass is 9.92. The minimum atomic E-state index is -1.19. The van der Waals surface area contributed by atoms with Gasteiger partial charge in [-0.15, -0.1) is 0 Å². The Labute approximate surface area is 102 Å². The summed E-state index contributed by atoms with van der Waals surface area (Å²) in [7, 11) is 2.85.